The molecule has 0 bridgehead atoms. The van der Waals surface area contributed by atoms with Crippen LogP contribution in [0.4, 0.5) is 0 Å². The Kier molecular flexibility index (Phi) is 8.12. The first-order chi connectivity index (χ1) is 7.11. The van der Waals surface area contributed by atoms with Crippen LogP contribution >= 0.6 is 11.8 Å². The van der Waals surface area contributed by atoms with Crippen LogP contribution in [-0.4, -0.2) is 43.5 Å². The van der Waals surface area contributed by atoms with E-state index in [1.54, 1.807) is 18.8 Å². The van der Waals surface area contributed by atoms with E-state index >= 15 is 0 Å². The van der Waals surface area contributed by atoms with E-state index in [2.05, 4.69) is 10.6 Å². The van der Waals surface area contributed by atoms with Gasteiger partial charge in [0.2, 0.25) is 11.8 Å². The van der Waals surface area contributed by atoms with Crippen LogP contribution in [0.25, 0.3) is 0 Å². The van der Waals surface area contributed by atoms with Crippen molar-refractivity contribution >= 4 is 23.6 Å². The number of hydrogen-bond donors (Lipinski definition) is 3. The zero-order chi connectivity index (χ0) is 11.7. The number of thioether (sulfide) groups is 1. The number of nitrogens with two attached hydrogens (primary N) is 1. The lowest BCUT2D eigenvalue weighted by molar-refractivity contribution is -0.123. The summed E-state index contributed by atoms with van der Waals surface area (Å²) in [7, 11) is 1.56. The first-order valence-electron chi connectivity index (χ1n) is 4.84. The van der Waals surface area contributed by atoms with Crippen molar-refractivity contribution in [1.82, 2.24) is 10.6 Å². The smallest absolute Gasteiger partial charge is 0.236 e. The highest BCUT2D eigenvalue weighted by molar-refractivity contribution is 7.98. The number of carbonyl (C=O) groups excluding carboxylic acids is 2. The molecule has 0 fully saturated rings. The zero-order valence-corrected chi connectivity index (χ0v) is 10.0. The maximum absolute atomic E-state index is 11.3. The molecule has 0 heterocycles. The Bertz CT molecular complexity index is 212. The van der Waals surface area contributed by atoms with Crippen molar-refractivity contribution in [2.45, 2.75) is 18.9 Å². The highest BCUT2D eigenvalue weighted by Gasteiger charge is 2.12. The first kappa shape index (κ1) is 14.2. The molecule has 0 aliphatic heterocycles. The topological polar surface area (TPSA) is 84.2 Å². The van der Waals surface area contributed by atoms with Gasteiger partial charge < -0.3 is 16.4 Å². The van der Waals surface area contributed by atoms with E-state index in [-0.39, 0.29) is 18.2 Å². The van der Waals surface area contributed by atoms with Gasteiger partial charge in [0.1, 0.15) is 0 Å². The maximum atomic E-state index is 11.3. The summed E-state index contributed by atoms with van der Waals surface area (Å²) in [6, 6.07) is -0.470. The molecule has 0 rings (SSSR count). The van der Waals surface area contributed by atoms with Gasteiger partial charge in [-0.2, -0.15) is 11.8 Å². The molecular formula is C9H19N3O2S. The number of carbonyl (C=O) groups is 2. The van der Waals surface area contributed by atoms with Crippen LogP contribution in [0.2, 0.25) is 0 Å². The van der Waals surface area contributed by atoms with Crippen LogP contribution in [0.5, 0.6) is 0 Å². The molecule has 0 saturated carbocycles. The normalized spacial score (nSPS) is 11.9. The number of rotatable bonds is 7. The predicted octanol–water partition coefficient (Wildman–Crippen LogP) is -0.681. The zero-order valence-electron chi connectivity index (χ0n) is 9.21. The third kappa shape index (κ3) is 7.21. The van der Waals surface area contributed by atoms with E-state index in [1.165, 1.54) is 0 Å². The Morgan fingerprint density at radius 3 is 2.67 bits per heavy atom. The maximum Gasteiger partial charge on any atom is 0.236 e. The minimum absolute atomic E-state index is 0.0898. The van der Waals surface area contributed by atoms with Gasteiger partial charge in [0.15, 0.2) is 0 Å². The average molecular weight is 233 g/mol. The molecular weight excluding hydrogens is 214 g/mol. The molecule has 15 heavy (non-hydrogen) atoms. The van der Waals surface area contributed by atoms with Crippen LogP contribution in [0.15, 0.2) is 0 Å². The Morgan fingerprint density at radius 1 is 1.47 bits per heavy atom. The van der Waals surface area contributed by atoms with E-state index in [1.807, 2.05) is 6.26 Å². The molecule has 0 aliphatic carbocycles. The molecule has 2 amide bonds. The fourth-order valence-electron chi connectivity index (χ4n) is 0.931. The molecule has 0 unspecified atom stereocenters. The Hall–Kier alpha value is -0.750. The van der Waals surface area contributed by atoms with Crippen molar-refractivity contribution in [1.29, 1.82) is 0 Å². The van der Waals surface area contributed by atoms with Crippen molar-refractivity contribution < 1.29 is 9.59 Å². The van der Waals surface area contributed by atoms with Crippen molar-refractivity contribution in [3.63, 3.8) is 0 Å². The van der Waals surface area contributed by atoms with Gasteiger partial charge in [0.25, 0.3) is 0 Å². The second kappa shape index (κ2) is 8.55. The Labute approximate surface area is 94.5 Å². The molecule has 1 atom stereocenters. The molecule has 0 aliphatic rings. The van der Waals surface area contributed by atoms with Gasteiger partial charge in [-0.1, -0.05) is 0 Å². The molecule has 0 aromatic heterocycles. The van der Waals surface area contributed by atoms with Gasteiger partial charge in [-0.15, -0.1) is 0 Å². The van der Waals surface area contributed by atoms with Gasteiger partial charge in [-0.3, -0.25) is 9.59 Å². The van der Waals surface area contributed by atoms with Gasteiger partial charge >= 0.3 is 0 Å². The van der Waals surface area contributed by atoms with Gasteiger partial charge in [-0.25, -0.2) is 0 Å². The summed E-state index contributed by atoms with van der Waals surface area (Å²) in [5, 5.41) is 5.10. The molecule has 88 valence electrons. The highest BCUT2D eigenvalue weighted by atomic mass is 32.2. The third-order valence-corrected chi connectivity index (χ3v) is 2.54. The fraction of sp³-hybridized carbons (Fsp3) is 0.778. The summed E-state index contributed by atoms with van der Waals surface area (Å²) in [6.45, 7) is 0.339. The van der Waals surface area contributed by atoms with Crippen molar-refractivity contribution in [2.75, 3.05) is 25.6 Å². The predicted molar refractivity (Wildman–Crippen MR) is 62.7 cm³/mol. The molecule has 0 saturated heterocycles. The lowest BCUT2D eigenvalue weighted by Gasteiger charge is -2.10. The van der Waals surface area contributed by atoms with Crippen LogP contribution in [-0.2, 0) is 9.59 Å². The largest absolute Gasteiger partial charge is 0.359 e. The lowest BCUT2D eigenvalue weighted by atomic mass is 10.2. The van der Waals surface area contributed by atoms with Crippen LogP contribution < -0.4 is 16.4 Å². The summed E-state index contributed by atoms with van der Waals surface area (Å²) in [6.07, 6.45) is 2.92. The van der Waals surface area contributed by atoms with Gasteiger partial charge in [0.05, 0.1) is 6.04 Å². The average Bonchev–Trinajstić information content (AvgIpc) is 2.25. The minimum atomic E-state index is -0.470. The summed E-state index contributed by atoms with van der Waals surface area (Å²) >= 11 is 1.66. The quantitative estimate of drug-likeness (QED) is 0.544. The van der Waals surface area contributed by atoms with Crippen molar-refractivity contribution in [3.05, 3.63) is 0 Å². The molecule has 0 radical (unpaired) electrons. The Morgan fingerprint density at radius 2 is 2.13 bits per heavy atom. The SMILES string of the molecule is CNC(=O)CCNC(=O)[C@H](N)CCSC. The van der Waals surface area contributed by atoms with E-state index in [9.17, 15) is 9.59 Å². The molecule has 5 nitrogen and oxygen atoms in total. The third-order valence-electron chi connectivity index (χ3n) is 1.90. The standard InChI is InChI=1S/C9H19N3O2S/c1-11-8(13)3-5-12-9(14)7(10)4-6-15-2/h7H,3-6,10H2,1-2H3,(H,11,13)(H,12,14)/t7-/m1/s1. The highest BCUT2D eigenvalue weighted by Crippen LogP contribution is 1.98. The van der Waals surface area contributed by atoms with E-state index in [0.717, 1.165) is 5.75 Å². The summed E-state index contributed by atoms with van der Waals surface area (Å²) in [5.74, 6) is 0.588. The number of hydrogen-bond acceptors (Lipinski definition) is 4. The van der Waals surface area contributed by atoms with E-state index in [4.69, 9.17) is 5.73 Å². The Balaban J connectivity index is 3.59. The summed E-state index contributed by atoms with van der Waals surface area (Å²) in [4.78, 5) is 22.2. The molecule has 4 N–H and O–H groups in total. The summed E-state index contributed by atoms with van der Waals surface area (Å²) < 4.78 is 0. The minimum Gasteiger partial charge on any atom is -0.359 e. The summed E-state index contributed by atoms with van der Waals surface area (Å²) in [5.41, 5.74) is 5.63. The van der Waals surface area contributed by atoms with Crippen LogP contribution in [0.3, 0.4) is 0 Å². The van der Waals surface area contributed by atoms with E-state index in [0.29, 0.717) is 13.0 Å². The lowest BCUT2D eigenvalue weighted by Crippen LogP contribution is -2.42. The second-order valence-corrected chi connectivity index (χ2v) is 4.09. The van der Waals surface area contributed by atoms with Crippen molar-refractivity contribution in [3.8, 4) is 0 Å². The van der Waals surface area contributed by atoms with Crippen LogP contribution in [0.1, 0.15) is 12.8 Å². The molecule has 0 aromatic rings. The molecule has 6 heteroatoms. The van der Waals surface area contributed by atoms with Crippen molar-refractivity contribution in [2.24, 2.45) is 5.73 Å². The monoisotopic (exact) mass is 233 g/mol. The fourth-order valence-corrected chi connectivity index (χ4v) is 1.42. The number of nitrogens with one attached hydrogen (secondary N) is 2. The number of amides is 2. The first-order valence-corrected chi connectivity index (χ1v) is 6.24. The second-order valence-electron chi connectivity index (χ2n) is 3.10. The van der Waals surface area contributed by atoms with E-state index < -0.39 is 6.04 Å². The van der Waals surface area contributed by atoms with Gasteiger partial charge in [-0.05, 0) is 18.4 Å². The molecule has 0 aromatic carbocycles. The van der Waals surface area contributed by atoms with Crippen LogP contribution in [0, 0.1) is 0 Å². The molecule has 0 spiro atoms. The van der Waals surface area contributed by atoms with Gasteiger partial charge in [0, 0.05) is 20.0 Å².